The lowest BCUT2D eigenvalue weighted by molar-refractivity contribution is 0.962. The molecule has 0 N–H and O–H groups in total. The Bertz CT molecular complexity index is 521. The molecule has 0 saturated carbocycles. The van der Waals surface area contributed by atoms with E-state index in [1.807, 2.05) is 0 Å². The van der Waals surface area contributed by atoms with Gasteiger partial charge in [-0.25, -0.2) is 0 Å². The second kappa shape index (κ2) is 5.67. The third-order valence-electron chi connectivity index (χ3n) is 3.18. The maximum absolute atomic E-state index is 2.30. The molecule has 0 radical (unpaired) electrons. The highest BCUT2D eigenvalue weighted by atomic mass is 14.1. The highest BCUT2D eigenvalue weighted by Crippen LogP contribution is 2.24. The first kappa shape index (κ1) is 11.9. The smallest absolute Gasteiger partial charge is 0.0109 e. The maximum atomic E-state index is 2.30. The molecule has 2 rings (SSSR count). The Morgan fingerprint density at radius 2 is 1.82 bits per heavy atom. The van der Waals surface area contributed by atoms with Crippen LogP contribution in [0.25, 0.3) is 16.8 Å². The molecule has 0 bridgehead atoms. The summed E-state index contributed by atoms with van der Waals surface area (Å²) in [5.74, 6) is 0. The minimum absolute atomic E-state index is 1.09. The Morgan fingerprint density at radius 1 is 1.00 bits per heavy atom. The van der Waals surface area contributed by atoms with Gasteiger partial charge in [0.15, 0.2) is 0 Å². The Hall–Kier alpha value is -1.56. The fourth-order valence-electron chi connectivity index (χ4n) is 2.21. The van der Waals surface area contributed by atoms with Crippen LogP contribution in [0.4, 0.5) is 0 Å². The topological polar surface area (TPSA) is 0 Å². The van der Waals surface area contributed by atoms with Crippen molar-refractivity contribution in [3.05, 3.63) is 53.6 Å². The molecular formula is C17H20. The van der Waals surface area contributed by atoms with E-state index in [2.05, 4.69) is 62.4 Å². The van der Waals surface area contributed by atoms with Gasteiger partial charge >= 0.3 is 0 Å². The van der Waals surface area contributed by atoms with Gasteiger partial charge in [0.05, 0.1) is 0 Å². The Kier molecular flexibility index (Phi) is 3.98. The summed E-state index contributed by atoms with van der Waals surface area (Å²) in [4.78, 5) is 0. The first-order valence-corrected chi connectivity index (χ1v) is 6.54. The van der Waals surface area contributed by atoms with E-state index in [1.165, 1.54) is 28.3 Å². The molecule has 0 unspecified atom stereocenters. The molecule has 0 heterocycles. The number of benzene rings is 2. The number of aryl methyl sites for hydroxylation is 1. The maximum Gasteiger partial charge on any atom is -0.0109 e. The molecule has 2 aromatic rings. The number of hydrogen-bond donors (Lipinski definition) is 0. The minimum atomic E-state index is 1.09. The van der Waals surface area contributed by atoms with Crippen LogP contribution in [0.3, 0.4) is 0 Å². The molecular weight excluding hydrogens is 204 g/mol. The number of allylic oxidation sites excluding steroid dienone is 1. The summed E-state index contributed by atoms with van der Waals surface area (Å²) in [6.45, 7) is 4.44. The molecule has 88 valence electrons. The molecule has 17 heavy (non-hydrogen) atoms. The van der Waals surface area contributed by atoms with E-state index < -0.39 is 0 Å². The summed E-state index contributed by atoms with van der Waals surface area (Å²) in [7, 11) is 0. The molecule has 0 atom stereocenters. The van der Waals surface area contributed by atoms with Crippen molar-refractivity contribution in [1.29, 1.82) is 0 Å². The van der Waals surface area contributed by atoms with Crippen LogP contribution in [-0.4, -0.2) is 0 Å². The van der Waals surface area contributed by atoms with Crippen molar-refractivity contribution in [2.24, 2.45) is 0 Å². The molecule has 0 amide bonds. The zero-order chi connectivity index (χ0) is 12.1. The summed E-state index contributed by atoms with van der Waals surface area (Å²) in [6.07, 6.45) is 8.05. The van der Waals surface area contributed by atoms with Crippen molar-refractivity contribution < 1.29 is 0 Å². The molecule has 0 saturated heterocycles. The summed E-state index contributed by atoms with van der Waals surface area (Å²) in [6, 6.07) is 13.1. The lowest BCUT2D eigenvalue weighted by atomic mass is 9.97. The van der Waals surface area contributed by atoms with Gasteiger partial charge in [-0.2, -0.15) is 0 Å². The average molecular weight is 224 g/mol. The van der Waals surface area contributed by atoms with E-state index >= 15 is 0 Å². The first-order chi connectivity index (χ1) is 8.36. The van der Waals surface area contributed by atoms with E-state index in [0.29, 0.717) is 0 Å². The fraction of sp³-hybridized carbons (Fsp3) is 0.294. The van der Waals surface area contributed by atoms with E-state index in [9.17, 15) is 0 Å². The number of rotatable bonds is 4. The Labute approximate surface area is 104 Å². The van der Waals surface area contributed by atoms with Crippen LogP contribution >= 0.6 is 0 Å². The number of fused-ring (bicyclic) bond motifs is 1. The van der Waals surface area contributed by atoms with E-state index in [1.54, 1.807) is 0 Å². The SMILES string of the molecule is CCCC=Cc1c(CC)ccc2ccccc12. The largest absolute Gasteiger partial charge is 0.0839 e. The Morgan fingerprint density at radius 3 is 2.59 bits per heavy atom. The quantitative estimate of drug-likeness (QED) is 0.668. The van der Waals surface area contributed by atoms with Gasteiger partial charge in [-0.1, -0.05) is 68.8 Å². The second-order valence-electron chi connectivity index (χ2n) is 4.40. The molecule has 0 aliphatic heterocycles. The average Bonchev–Trinajstić information content (AvgIpc) is 2.39. The fourth-order valence-corrected chi connectivity index (χ4v) is 2.21. The standard InChI is InChI=1S/C17H20/c1-3-5-6-10-16-14(4-2)12-13-15-9-7-8-11-17(15)16/h6-13H,3-5H2,1-2H3. The van der Waals surface area contributed by atoms with Crippen LogP contribution in [0, 0.1) is 0 Å². The predicted octanol–water partition coefficient (Wildman–Crippen LogP) is 5.22. The molecule has 0 fully saturated rings. The van der Waals surface area contributed by atoms with Crippen molar-refractivity contribution in [3.8, 4) is 0 Å². The van der Waals surface area contributed by atoms with Crippen LogP contribution in [0.5, 0.6) is 0 Å². The molecule has 0 spiro atoms. The van der Waals surface area contributed by atoms with Crippen molar-refractivity contribution in [2.75, 3.05) is 0 Å². The zero-order valence-corrected chi connectivity index (χ0v) is 10.7. The van der Waals surface area contributed by atoms with Gasteiger partial charge in [-0.3, -0.25) is 0 Å². The monoisotopic (exact) mass is 224 g/mol. The second-order valence-corrected chi connectivity index (χ2v) is 4.40. The first-order valence-electron chi connectivity index (χ1n) is 6.54. The molecule has 0 nitrogen and oxygen atoms in total. The van der Waals surface area contributed by atoms with Gasteiger partial charge in [0.1, 0.15) is 0 Å². The third kappa shape index (κ3) is 2.58. The Balaban J connectivity index is 2.55. The van der Waals surface area contributed by atoms with Crippen LogP contribution in [0.2, 0.25) is 0 Å². The molecule has 2 aromatic carbocycles. The van der Waals surface area contributed by atoms with Crippen molar-refractivity contribution >= 4 is 16.8 Å². The van der Waals surface area contributed by atoms with Crippen molar-refractivity contribution in [1.82, 2.24) is 0 Å². The lowest BCUT2D eigenvalue weighted by Crippen LogP contribution is -1.88. The van der Waals surface area contributed by atoms with Gasteiger partial charge in [0.2, 0.25) is 0 Å². The normalized spacial score (nSPS) is 11.4. The van der Waals surface area contributed by atoms with Crippen LogP contribution in [-0.2, 0) is 6.42 Å². The molecule has 0 aromatic heterocycles. The number of hydrogen-bond acceptors (Lipinski definition) is 0. The lowest BCUT2D eigenvalue weighted by Gasteiger charge is -2.08. The summed E-state index contributed by atoms with van der Waals surface area (Å²) < 4.78 is 0. The van der Waals surface area contributed by atoms with Gasteiger partial charge in [0, 0.05) is 0 Å². The van der Waals surface area contributed by atoms with Crippen LogP contribution < -0.4 is 0 Å². The summed E-state index contributed by atoms with van der Waals surface area (Å²) >= 11 is 0. The predicted molar refractivity (Wildman–Crippen MR) is 77.3 cm³/mol. The molecule has 0 heteroatoms. The number of unbranched alkanes of at least 4 members (excludes halogenated alkanes) is 1. The zero-order valence-electron chi connectivity index (χ0n) is 10.7. The van der Waals surface area contributed by atoms with Crippen LogP contribution in [0.15, 0.2) is 42.5 Å². The third-order valence-corrected chi connectivity index (χ3v) is 3.18. The van der Waals surface area contributed by atoms with E-state index in [-0.39, 0.29) is 0 Å². The molecule has 0 aliphatic rings. The van der Waals surface area contributed by atoms with Crippen molar-refractivity contribution in [2.45, 2.75) is 33.1 Å². The van der Waals surface area contributed by atoms with Gasteiger partial charge in [0.25, 0.3) is 0 Å². The summed E-state index contributed by atoms with van der Waals surface area (Å²) in [5, 5.41) is 2.71. The van der Waals surface area contributed by atoms with Crippen LogP contribution in [0.1, 0.15) is 37.8 Å². The van der Waals surface area contributed by atoms with Gasteiger partial charge in [-0.05, 0) is 34.7 Å². The van der Waals surface area contributed by atoms with E-state index in [0.717, 1.165) is 12.8 Å². The van der Waals surface area contributed by atoms with Gasteiger partial charge in [-0.15, -0.1) is 0 Å². The molecule has 0 aliphatic carbocycles. The highest BCUT2D eigenvalue weighted by Gasteiger charge is 2.02. The summed E-state index contributed by atoms with van der Waals surface area (Å²) in [5.41, 5.74) is 2.84. The van der Waals surface area contributed by atoms with Gasteiger partial charge < -0.3 is 0 Å². The van der Waals surface area contributed by atoms with E-state index in [4.69, 9.17) is 0 Å². The highest BCUT2D eigenvalue weighted by molar-refractivity contribution is 5.91. The minimum Gasteiger partial charge on any atom is -0.0839 e. The van der Waals surface area contributed by atoms with Crippen molar-refractivity contribution in [3.63, 3.8) is 0 Å².